The smallest absolute Gasteiger partial charge is 0.0659 e. The Labute approximate surface area is 127 Å². The van der Waals surface area contributed by atoms with E-state index in [1.807, 2.05) is 23.1 Å². The van der Waals surface area contributed by atoms with Crippen LogP contribution in [0.15, 0.2) is 42.7 Å². The Morgan fingerprint density at radius 2 is 1.71 bits per heavy atom. The van der Waals surface area contributed by atoms with Gasteiger partial charge in [-0.2, -0.15) is 5.10 Å². The van der Waals surface area contributed by atoms with Crippen molar-refractivity contribution < 1.29 is 0 Å². The third kappa shape index (κ3) is 4.43. The van der Waals surface area contributed by atoms with Gasteiger partial charge in [-0.3, -0.25) is 4.68 Å². The molecule has 1 N–H and O–H groups in total. The molecule has 0 amide bonds. The molecule has 2 aromatic rings. The second kappa shape index (κ2) is 7.41. The molecule has 0 atom stereocenters. The number of aromatic nitrogens is 2. The van der Waals surface area contributed by atoms with Crippen molar-refractivity contribution in [2.45, 2.75) is 57.7 Å². The Balaban J connectivity index is 1.49. The predicted octanol–water partition coefficient (Wildman–Crippen LogP) is 3.74. The van der Waals surface area contributed by atoms with E-state index >= 15 is 0 Å². The molecule has 1 heterocycles. The fourth-order valence-corrected chi connectivity index (χ4v) is 3.09. The van der Waals surface area contributed by atoms with E-state index < -0.39 is 0 Å². The predicted molar refractivity (Wildman–Crippen MR) is 86.1 cm³/mol. The summed E-state index contributed by atoms with van der Waals surface area (Å²) < 4.78 is 1.96. The summed E-state index contributed by atoms with van der Waals surface area (Å²) in [4.78, 5) is 0. The third-order valence-electron chi connectivity index (χ3n) is 4.38. The molecule has 3 rings (SSSR count). The second-order valence-corrected chi connectivity index (χ2v) is 6.09. The first-order chi connectivity index (χ1) is 10.4. The molecule has 1 aromatic heterocycles. The van der Waals surface area contributed by atoms with Crippen molar-refractivity contribution in [1.82, 2.24) is 15.1 Å². The Morgan fingerprint density at radius 1 is 1.00 bits per heavy atom. The first kappa shape index (κ1) is 14.3. The topological polar surface area (TPSA) is 29.9 Å². The molecule has 0 radical (unpaired) electrons. The Hall–Kier alpha value is -1.61. The minimum Gasteiger partial charge on any atom is -0.310 e. The third-order valence-corrected chi connectivity index (χ3v) is 4.38. The van der Waals surface area contributed by atoms with Crippen LogP contribution in [0.1, 0.15) is 49.7 Å². The van der Waals surface area contributed by atoms with Gasteiger partial charge in [0.15, 0.2) is 0 Å². The van der Waals surface area contributed by atoms with Gasteiger partial charge >= 0.3 is 0 Å². The van der Waals surface area contributed by atoms with Crippen LogP contribution in [0.3, 0.4) is 0 Å². The summed E-state index contributed by atoms with van der Waals surface area (Å²) >= 11 is 0. The fourth-order valence-electron chi connectivity index (χ4n) is 3.09. The number of rotatable bonds is 5. The zero-order valence-electron chi connectivity index (χ0n) is 12.7. The highest BCUT2D eigenvalue weighted by molar-refractivity contribution is 5.22. The minimum atomic E-state index is 0.719. The van der Waals surface area contributed by atoms with Gasteiger partial charge < -0.3 is 5.32 Å². The van der Waals surface area contributed by atoms with Gasteiger partial charge in [0.2, 0.25) is 0 Å². The van der Waals surface area contributed by atoms with Crippen molar-refractivity contribution in [1.29, 1.82) is 0 Å². The number of nitrogens with one attached hydrogen (secondary N) is 1. The van der Waals surface area contributed by atoms with Crippen LogP contribution in [0.2, 0.25) is 0 Å². The summed E-state index contributed by atoms with van der Waals surface area (Å²) in [6.45, 7) is 1.84. The van der Waals surface area contributed by atoms with Gasteiger partial charge in [0.1, 0.15) is 0 Å². The number of nitrogens with zero attached hydrogens (tertiary/aromatic N) is 2. The molecule has 1 aliphatic carbocycles. The molecule has 0 saturated heterocycles. The summed E-state index contributed by atoms with van der Waals surface area (Å²) in [6.07, 6.45) is 12.1. The molecule has 1 aliphatic rings. The highest BCUT2D eigenvalue weighted by Gasteiger charge is 2.11. The summed E-state index contributed by atoms with van der Waals surface area (Å²) in [6, 6.07) is 11.6. The van der Waals surface area contributed by atoms with Gasteiger partial charge in [0, 0.05) is 25.0 Å². The molecule has 1 saturated carbocycles. The molecule has 112 valence electrons. The molecule has 1 fully saturated rings. The van der Waals surface area contributed by atoms with E-state index in [-0.39, 0.29) is 0 Å². The Bertz CT molecular complexity index is 508. The van der Waals surface area contributed by atoms with Crippen molar-refractivity contribution in [3.8, 4) is 0 Å². The fraction of sp³-hybridized carbons (Fsp3) is 0.500. The van der Waals surface area contributed by atoms with Crippen LogP contribution in [0.4, 0.5) is 0 Å². The molecule has 0 unspecified atom stereocenters. The maximum Gasteiger partial charge on any atom is 0.0659 e. The van der Waals surface area contributed by atoms with Crippen molar-refractivity contribution in [2.75, 3.05) is 0 Å². The summed E-state index contributed by atoms with van der Waals surface area (Å²) in [7, 11) is 0. The van der Waals surface area contributed by atoms with Gasteiger partial charge in [-0.25, -0.2) is 0 Å². The van der Waals surface area contributed by atoms with E-state index in [2.05, 4.69) is 34.7 Å². The maximum absolute atomic E-state index is 4.24. The molecule has 0 bridgehead atoms. The second-order valence-electron chi connectivity index (χ2n) is 6.09. The molecule has 0 spiro atoms. The van der Waals surface area contributed by atoms with E-state index in [4.69, 9.17) is 0 Å². The van der Waals surface area contributed by atoms with Crippen LogP contribution >= 0.6 is 0 Å². The van der Waals surface area contributed by atoms with E-state index in [0.29, 0.717) is 0 Å². The first-order valence-electron chi connectivity index (χ1n) is 8.19. The Morgan fingerprint density at radius 3 is 2.38 bits per heavy atom. The van der Waals surface area contributed by atoms with Gasteiger partial charge in [-0.1, -0.05) is 49.9 Å². The molecule has 3 nitrogen and oxygen atoms in total. The van der Waals surface area contributed by atoms with Crippen LogP contribution in [0, 0.1) is 0 Å². The average Bonchev–Trinajstić information content (AvgIpc) is 2.88. The lowest BCUT2D eigenvalue weighted by Gasteiger charge is -2.16. The van der Waals surface area contributed by atoms with Crippen molar-refractivity contribution in [3.63, 3.8) is 0 Å². The molecular formula is C18H25N3. The lowest BCUT2D eigenvalue weighted by Crippen LogP contribution is -2.27. The summed E-state index contributed by atoms with van der Waals surface area (Å²) in [5, 5.41) is 7.97. The lowest BCUT2D eigenvalue weighted by molar-refractivity contribution is 0.459. The van der Waals surface area contributed by atoms with E-state index in [9.17, 15) is 0 Å². The standard InChI is InChI=1S/C18H25N3/c1-2-4-7-18(6-3-1)19-14-16-8-10-17(11-9-16)15-21-13-5-12-20-21/h5,8-13,18-19H,1-4,6-7,14-15H2. The van der Waals surface area contributed by atoms with Gasteiger partial charge in [-0.05, 0) is 30.0 Å². The minimum absolute atomic E-state index is 0.719. The molecule has 3 heteroatoms. The highest BCUT2D eigenvalue weighted by atomic mass is 15.3. The number of benzene rings is 1. The molecule has 1 aromatic carbocycles. The summed E-state index contributed by atoms with van der Waals surface area (Å²) in [5.41, 5.74) is 2.68. The largest absolute Gasteiger partial charge is 0.310 e. The van der Waals surface area contributed by atoms with Gasteiger partial charge in [-0.15, -0.1) is 0 Å². The van der Waals surface area contributed by atoms with Crippen molar-refractivity contribution >= 4 is 0 Å². The van der Waals surface area contributed by atoms with Gasteiger partial charge in [0.05, 0.1) is 6.54 Å². The highest BCUT2D eigenvalue weighted by Crippen LogP contribution is 2.17. The zero-order valence-corrected chi connectivity index (χ0v) is 12.7. The first-order valence-corrected chi connectivity index (χ1v) is 8.19. The molecular weight excluding hydrogens is 258 g/mol. The average molecular weight is 283 g/mol. The zero-order chi connectivity index (χ0) is 14.3. The number of hydrogen-bond acceptors (Lipinski definition) is 2. The normalized spacial score (nSPS) is 16.8. The Kier molecular flexibility index (Phi) is 5.06. The van der Waals surface area contributed by atoms with Crippen LogP contribution in [0.5, 0.6) is 0 Å². The van der Waals surface area contributed by atoms with Gasteiger partial charge in [0.25, 0.3) is 0 Å². The van der Waals surface area contributed by atoms with Crippen molar-refractivity contribution in [3.05, 3.63) is 53.9 Å². The SMILES string of the molecule is c1cnn(Cc2ccc(CNC3CCCCCC3)cc2)c1. The molecule has 21 heavy (non-hydrogen) atoms. The quantitative estimate of drug-likeness (QED) is 0.847. The van der Waals surface area contributed by atoms with E-state index in [0.717, 1.165) is 19.1 Å². The van der Waals surface area contributed by atoms with Crippen LogP contribution < -0.4 is 5.32 Å². The lowest BCUT2D eigenvalue weighted by atomic mass is 10.1. The summed E-state index contributed by atoms with van der Waals surface area (Å²) in [5.74, 6) is 0. The van der Waals surface area contributed by atoms with Crippen LogP contribution in [-0.4, -0.2) is 15.8 Å². The van der Waals surface area contributed by atoms with Crippen LogP contribution in [-0.2, 0) is 13.1 Å². The van der Waals surface area contributed by atoms with Crippen LogP contribution in [0.25, 0.3) is 0 Å². The van der Waals surface area contributed by atoms with Crippen molar-refractivity contribution in [2.24, 2.45) is 0 Å². The monoisotopic (exact) mass is 283 g/mol. The molecule has 0 aliphatic heterocycles. The van der Waals surface area contributed by atoms with E-state index in [1.165, 1.54) is 49.7 Å². The maximum atomic E-state index is 4.24. The number of hydrogen-bond donors (Lipinski definition) is 1. The van der Waals surface area contributed by atoms with E-state index in [1.54, 1.807) is 0 Å².